The minimum Gasteiger partial charge on any atom is -0.322 e. The molecule has 0 radical (unpaired) electrons. The Morgan fingerprint density at radius 2 is 1.95 bits per heavy atom. The largest absolute Gasteiger partial charge is 0.322 e. The number of carbonyl (C=O) groups is 1. The van der Waals surface area contributed by atoms with E-state index in [9.17, 15) is 4.79 Å². The number of nitrogens with zero attached hydrogens (tertiary/aromatic N) is 1. The van der Waals surface area contributed by atoms with Crippen LogP contribution in [0.15, 0.2) is 48.7 Å². The highest BCUT2D eigenvalue weighted by atomic mass is 35.5. The predicted molar refractivity (Wildman–Crippen MR) is 75.9 cm³/mol. The molecule has 0 aliphatic carbocycles. The maximum Gasteiger partial charge on any atom is 0.248 e. The molecule has 0 aliphatic heterocycles. The molecule has 4 nitrogen and oxygen atoms in total. The summed E-state index contributed by atoms with van der Waals surface area (Å²) in [6.45, 7) is 1.65. The predicted octanol–water partition coefficient (Wildman–Crippen LogP) is 2.55. The van der Waals surface area contributed by atoms with Crippen molar-refractivity contribution < 1.29 is 4.79 Å². The van der Waals surface area contributed by atoms with Gasteiger partial charge in [0.1, 0.15) is 5.54 Å². The fourth-order valence-corrected chi connectivity index (χ4v) is 1.81. The number of nitrogens with one attached hydrogen (secondary N) is 1. The number of carbonyl (C=O) groups excluding carboxylic acids is 1. The zero-order chi connectivity index (χ0) is 13.9. The number of anilines is 1. The molecule has 0 aliphatic rings. The van der Waals surface area contributed by atoms with Gasteiger partial charge in [0, 0.05) is 6.20 Å². The first-order valence-corrected chi connectivity index (χ1v) is 6.16. The lowest BCUT2D eigenvalue weighted by Crippen LogP contribution is -2.45. The molecule has 0 bridgehead atoms. The van der Waals surface area contributed by atoms with Gasteiger partial charge in [0.05, 0.1) is 5.69 Å². The van der Waals surface area contributed by atoms with E-state index in [0.717, 1.165) is 5.56 Å². The SMILES string of the molecule is CC(N)(C(=O)Nc1cccnc1Cl)c1ccccc1. The summed E-state index contributed by atoms with van der Waals surface area (Å²) in [5.41, 5.74) is 6.14. The Labute approximate surface area is 116 Å². The molecule has 0 spiro atoms. The molecule has 1 atom stereocenters. The summed E-state index contributed by atoms with van der Waals surface area (Å²) in [5.74, 6) is -0.339. The second-order valence-electron chi connectivity index (χ2n) is 4.36. The van der Waals surface area contributed by atoms with E-state index < -0.39 is 5.54 Å². The Hall–Kier alpha value is -1.91. The molecule has 19 heavy (non-hydrogen) atoms. The van der Waals surface area contributed by atoms with Crippen LogP contribution in [0, 0.1) is 0 Å². The fraction of sp³-hybridized carbons (Fsp3) is 0.143. The van der Waals surface area contributed by atoms with E-state index >= 15 is 0 Å². The average Bonchev–Trinajstić information content (AvgIpc) is 2.42. The number of rotatable bonds is 3. The van der Waals surface area contributed by atoms with Gasteiger partial charge in [-0.3, -0.25) is 4.79 Å². The number of amides is 1. The van der Waals surface area contributed by atoms with Crippen molar-refractivity contribution in [3.8, 4) is 0 Å². The van der Waals surface area contributed by atoms with Crippen molar-refractivity contribution >= 4 is 23.2 Å². The molecular weight excluding hydrogens is 262 g/mol. The fourth-order valence-electron chi connectivity index (χ4n) is 1.65. The number of halogens is 1. The van der Waals surface area contributed by atoms with E-state index in [2.05, 4.69) is 10.3 Å². The Morgan fingerprint density at radius 3 is 2.58 bits per heavy atom. The second-order valence-corrected chi connectivity index (χ2v) is 4.72. The molecule has 1 aromatic carbocycles. The molecule has 3 N–H and O–H groups in total. The molecule has 2 rings (SSSR count). The molecule has 0 saturated heterocycles. The van der Waals surface area contributed by atoms with Crippen molar-refractivity contribution in [2.24, 2.45) is 5.73 Å². The topological polar surface area (TPSA) is 68.0 Å². The van der Waals surface area contributed by atoms with Crippen LogP contribution in [0.25, 0.3) is 0 Å². The molecule has 0 saturated carbocycles. The molecule has 5 heteroatoms. The monoisotopic (exact) mass is 275 g/mol. The van der Waals surface area contributed by atoms with Crippen LogP contribution in [-0.2, 0) is 10.3 Å². The van der Waals surface area contributed by atoms with Gasteiger partial charge in [-0.25, -0.2) is 4.98 Å². The Morgan fingerprint density at radius 1 is 1.26 bits per heavy atom. The maximum atomic E-state index is 12.3. The van der Waals surface area contributed by atoms with Crippen molar-refractivity contribution in [1.29, 1.82) is 0 Å². The van der Waals surface area contributed by atoms with Crippen LogP contribution < -0.4 is 11.1 Å². The molecule has 1 unspecified atom stereocenters. The van der Waals surface area contributed by atoms with Gasteiger partial charge >= 0.3 is 0 Å². The zero-order valence-corrected chi connectivity index (χ0v) is 11.2. The Bertz CT molecular complexity index is 584. The van der Waals surface area contributed by atoms with Gasteiger partial charge in [-0.2, -0.15) is 0 Å². The quantitative estimate of drug-likeness (QED) is 0.846. The summed E-state index contributed by atoms with van der Waals surface area (Å²) < 4.78 is 0. The highest BCUT2D eigenvalue weighted by Crippen LogP contribution is 2.22. The third kappa shape index (κ3) is 2.92. The standard InChI is InChI=1S/C14H14ClN3O/c1-14(16,10-6-3-2-4-7-10)13(19)18-11-8-5-9-17-12(11)15/h2-9H,16H2,1H3,(H,18,19). The van der Waals surface area contributed by atoms with E-state index in [1.165, 1.54) is 0 Å². The first-order valence-electron chi connectivity index (χ1n) is 5.78. The minimum absolute atomic E-state index is 0.236. The van der Waals surface area contributed by atoms with Gasteiger partial charge in [-0.15, -0.1) is 0 Å². The number of nitrogens with two attached hydrogens (primary N) is 1. The molecule has 1 heterocycles. The van der Waals surface area contributed by atoms with Crippen LogP contribution in [0.3, 0.4) is 0 Å². The van der Waals surface area contributed by atoms with E-state index in [1.807, 2.05) is 30.3 Å². The van der Waals surface area contributed by atoms with Crippen molar-refractivity contribution in [2.45, 2.75) is 12.5 Å². The highest BCUT2D eigenvalue weighted by molar-refractivity contribution is 6.32. The van der Waals surface area contributed by atoms with Gasteiger partial charge in [0.2, 0.25) is 5.91 Å². The summed E-state index contributed by atoms with van der Waals surface area (Å²) in [6.07, 6.45) is 1.55. The number of hydrogen-bond donors (Lipinski definition) is 2. The lowest BCUT2D eigenvalue weighted by Gasteiger charge is -2.24. The molecule has 1 aromatic heterocycles. The van der Waals surface area contributed by atoms with Crippen LogP contribution in [0.5, 0.6) is 0 Å². The van der Waals surface area contributed by atoms with Crippen LogP contribution >= 0.6 is 11.6 Å². The smallest absolute Gasteiger partial charge is 0.248 e. The number of hydrogen-bond acceptors (Lipinski definition) is 3. The highest BCUT2D eigenvalue weighted by Gasteiger charge is 2.30. The van der Waals surface area contributed by atoms with Gasteiger partial charge < -0.3 is 11.1 Å². The summed E-state index contributed by atoms with van der Waals surface area (Å²) in [7, 11) is 0. The molecule has 2 aromatic rings. The van der Waals surface area contributed by atoms with Crippen molar-refractivity contribution in [3.05, 3.63) is 59.4 Å². The number of pyridine rings is 1. The minimum atomic E-state index is -1.14. The van der Waals surface area contributed by atoms with Gasteiger partial charge in [0.15, 0.2) is 5.15 Å². The van der Waals surface area contributed by atoms with E-state index in [-0.39, 0.29) is 11.1 Å². The second kappa shape index (κ2) is 5.38. The van der Waals surface area contributed by atoms with Crippen LogP contribution in [0.1, 0.15) is 12.5 Å². The third-order valence-corrected chi connectivity index (χ3v) is 3.15. The van der Waals surface area contributed by atoms with Gasteiger partial charge in [0.25, 0.3) is 0 Å². The van der Waals surface area contributed by atoms with Crippen LogP contribution in [0.4, 0.5) is 5.69 Å². The van der Waals surface area contributed by atoms with Crippen molar-refractivity contribution in [3.63, 3.8) is 0 Å². The molecule has 0 fully saturated rings. The lowest BCUT2D eigenvalue weighted by molar-refractivity contribution is -0.120. The first-order chi connectivity index (χ1) is 9.01. The first kappa shape index (κ1) is 13.5. The van der Waals surface area contributed by atoms with E-state index in [1.54, 1.807) is 25.3 Å². The lowest BCUT2D eigenvalue weighted by atomic mass is 9.92. The average molecular weight is 276 g/mol. The Kier molecular flexibility index (Phi) is 3.83. The maximum absolute atomic E-state index is 12.3. The summed E-state index contributed by atoms with van der Waals surface area (Å²) in [6, 6.07) is 12.5. The summed E-state index contributed by atoms with van der Waals surface area (Å²) in [4.78, 5) is 16.2. The Balaban J connectivity index is 2.23. The van der Waals surface area contributed by atoms with Gasteiger partial charge in [-0.05, 0) is 24.6 Å². The molecular formula is C14H14ClN3O. The van der Waals surface area contributed by atoms with Crippen LogP contribution in [-0.4, -0.2) is 10.9 Å². The van der Waals surface area contributed by atoms with Crippen molar-refractivity contribution in [2.75, 3.05) is 5.32 Å². The molecule has 98 valence electrons. The molecule has 1 amide bonds. The third-order valence-electron chi connectivity index (χ3n) is 2.85. The van der Waals surface area contributed by atoms with E-state index in [4.69, 9.17) is 17.3 Å². The zero-order valence-electron chi connectivity index (χ0n) is 10.4. The number of benzene rings is 1. The van der Waals surface area contributed by atoms with E-state index in [0.29, 0.717) is 5.69 Å². The van der Waals surface area contributed by atoms with Gasteiger partial charge in [-0.1, -0.05) is 41.9 Å². The van der Waals surface area contributed by atoms with Crippen molar-refractivity contribution in [1.82, 2.24) is 4.98 Å². The summed E-state index contributed by atoms with van der Waals surface area (Å²) >= 11 is 5.90. The summed E-state index contributed by atoms with van der Waals surface area (Å²) in [5, 5.41) is 2.93. The van der Waals surface area contributed by atoms with Crippen LogP contribution in [0.2, 0.25) is 5.15 Å². The number of aromatic nitrogens is 1. The normalized spacial score (nSPS) is 13.6.